The van der Waals surface area contributed by atoms with E-state index in [2.05, 4.69) is 5.32 Å². The monoisotopic (exact) mass is 399 g/mol. The van der Waals surface area contributed by atoms with Gasteiger partial charge >= 0.3 is 5.97 Å². The molecule has 160 valence electrons. The first-order valence-corrected chi connectivity index (χ1v) is 9.67. The number of amides is 3. The highest BCUT2D eigenvalue weighted by atomic mass is 16.4. The fourth-order valence-corrected chi connectivity index (χ4v) is 3.19. The Morgan fingerprint density at radius 1 is 1.25 bits per heavy atom. The molecule has 1 aliphatic heterocycles. The normalized spacial score (nSPS) is 19.6. The van der Waals surface area contributed by atoms with Crippen molar-refractivity contribution in [2.24, 2.45) is 11.5 Å². The van der Waals surface area contributed by atoms with Crippen molar-refractivity contribution in [3.05, 3.63) is 0 Å². The van der Waals surface area contributed by atoms with Gasteiger partial charge < -0.3 is 31.7 Å². The van der Waals surface area contributed by atoms with Gasteiger partial charge in [-0.2, -0.15) is 0 Å². The summed E-state index contributed by atoms with van der Waals surface area (Å²) in [5, 5.41) is 11.8. The number of nitrogens with one attached hydrogen (secondary N) is 1. The van der Waals surface area contributed by atoms with Crippen LogP contribution in [0, 0.1) is 0 Å². The van der Waals surface area contributed by atoms with Crippen LogP contribution in [0.25, 0.3) is 0 Å². The van der Waals surface area contributed by atoms with Gasteiger partial charge in [-0.1, -0.05) is 0 Å². The average molecular weight is 399 g/mol. The molecule has 1 rings (SSSR count). The van der Waals surface area contributed by atoms with E-state index >= 15 is 0 Å². The summed E-state index contributed by atoms with van der Waals surface area (Å²) >= 11 is 0. The predicted molar refractivity (Wildman–Crippen MR) is 103 cm³/mol. The molecule has 4 atom stereocenters. The molecule has 0 aromatic heterocycles. The Kier molecular flexibility index (Phi) is 9.33. The Morgan fingerprint density at radius 2 is 1.89 bits per heavy atom. The second kappa shape index (κ2) is 11.0. The van der Waals surface area contributed by atoms with E-state index in [4.69, 9.17) is 11.5 Å². The van der Waals surface area contributed by atoms with Gasteiger partial charge in [-0.05, 0) is 52.5 Å². The van der Waals surface area contributed by atoms with Crippen LogP contribution in [0.15, 0.2) is 0 Å². The Bertz CT molecular complexity index is 583. The molecule has 1 fully saturated rings. The first-order valence-electron chi connectivity index (χ1n) is 9.67. The third-order valence-electron chi connectivity index (χ3n) is 5.08. The number of nitrogens with zero attached hydrogens (tertiary/aromatic N) is 2. The number of hydrogen-bond acceptors (Lipinski definition) is 6. The number of unbranched alkanes of at least 4 members (excludes halogenated alkanes) is 1. The Morgan fingerprint density at radius 3 is 2.43 bits per heavy atom. The summed E-state index contributed by atoms with van der Waals surface area (Å²) in [7, 11) is 1.48. The number of carbonyl (C=O) groups is 4. The SMILES string of the molecule is C[C@H](N)C(=O)N1CCC[C@H]1C(=O)N(C)[C@@H](C)C(=O)N[C@@H](CCCCN)C(=O)O. The highest BCUT2D eigenvalue weighted by Gasteiger charge is 2.38. The molecule has 10 nitrogen and oxygen atoms in total. The standard InChI is InChI=1S/C18H33N5O5/c1-11(20)16(25)23-10-6-8-14(23)17(26)22(3)12(2)15(24)21-13(18(27)28)7-4-5-9-19/h11-14H,4-10,19-20H2,1-3H3,(H,21,24)(H,27,28)/t11-,12-,13-,14-/m0/s1. The van der Waals surface area contributed by atoms with Gasteiger partial charge in [0.25, 0.3) is 0 Å². The predicted octanol–water partition coefficient (Wildman–Crippen LogP) is -1.13. The molecule has 0 aromatic carbocycles. The molecular weight excluding hydrogens is 366 g/mol. The molecule has 0 radical (unpaired) electrons. The van der Waals surface area contributed by atoms with E-state index in [1.165, 1.54) is 23.8 Å². The van der Waals surface area contributed by atoms with Gasteiger partial charge in [-0.15, -0.1) is 0 Å². The molecular formula is C18H33N5O5. The maximum absolute atomic E-state index is 12.8. The zero-order valence-electron chi connectivity index (χ0n) is 16.9. The van der Waals surface area contributed by atoms with Crippen LogP contribution in [-0.4, -0.2) is 82.9 Å². The minimum atomic E-state index is -1.13. The van der Waals surface area contributed by atoms with Crippen molar-refractivity contribution in [3.63, 3.8) is 0 Å². The lowest BCUT2D eigenvalue weighted by Crippen LogP contribution is -2.56. The summed E-state index contributed by atoms with van der Waals surface area (Å²) in [6.07, 6.45) is 2.70. The molecule has 28 heavy (non-hydrogen) atoms. The number of aliphatic carboxylic acids is 1. The van der Waals surface area contributed by atoms with E-state index in [-0.39, 0.29) is 18.2 Å². The summed E-state index contributed by atoms with van der Waals surface area (Å²) in [5.41, 5.74) is 11.1. The van der Waals surface area contributed by atoms with E-state index < -0.39 is 36.0 Å². The van der Waals surface area contributed by atoms with E-state index in [1.54, 1.807) is 6.92 Å². The molecule has 1 heterocycles. The van der Waals surface area contributed by atoms with Crippen LogP contribution in [0.4, 0.5) is 0 Å². The zero-order valence-corrected chi connectivity index (χ0v) is 16.9. The Balaban J connectivity index is 2.74. The highest BCUT2D eigenvalue weighted by molar-refractivity contribution is 5.94. The lowest BCUT2D eigenvalue weighted by atomic mass is 10.1. The van der Waals surface area contributed by atoms with Crippen molar-refractivity contribution in [2.75, 3.05) is 20.1 Å². The molecule has 10 heteroatoms. The van der Waals surface area contributed by atoms with Gasteiger partial charge in [0.15, 0.2) is 0 Å². The minimum Gasteiger partial charge on any atom is -0.480 e. The van der Waals surface area contributed by atoms with Gasteiger partial charge in [-0.3, -0.25) is 14.4 Å². The van der Waals surface area contributed by atoms with Crippen molar-refractivity contribution >= 4 is 23.7 Å². The average Bonchev–Trinajstić information content (AvgIpc) is 3.13. The third-order valence-corrected chi connectivity index (χ3v) is 5.08. The summed E-state index contributed by atoms with van der Waals surface area (Å²) in [6, 6.07) is -3.27. The van der Waals surface area contributed by atoms with Gasteiger partial charge in [0.1, 0.15) is 18.1 Å². The molecule has 0 unspecified atom stereocenters. The van der Waals surface area contributed by atoms with Crippen LogP contribution in [0.1, 0.15) is 46.0 Å². The topological polar surface area (TPSA) is 159 Å². The summed E-state index contributed by atoms with van der Waals surface area (Å²) < 4.78 is 0. The van der Waals surface area contributed by atoms with Crippen molar-refractivity contribution in [2.45, 2.75) is 70.1 Å². The second-order valence-electron chi connectivity index (χ2n) is 7.29. The van der Waals surface area contributed by atoms with Crippen molar-refractivity contribution < 1.29 is 24.3 Å². The highest BCUT2D eigenvalue weighted by Crippen LogP contribution is 2.20. The number of rotatable bonds is 10. The number of carbonyl (C=O) groups excluding carboxylic acids is 3. The minimum absolute atomic E-state index is 0.266. The number of carboxylic acids is 1. The number of hydrogen-bond donors (Lipinski definition) is 4. The third kappa shape index (κ3) is 6.16. The number of likely N-dealkylation sites (N-methyl/N-ethyl adjacent to an activating group) is 1. The van der Waals surface area contributed by atoms with Gasteiger partial charge in [0.2, 0.25) is 17.7 Å². The fraction of sp³-hybridized carbons (Fsp3) is 0.778. The van der Waals surface area contributed by atoms with E-state index in [0.717, 1.165) is 0 Å². The van der Waals surface area contributed by atoms with E-state index in [9.17, 15) is 24.3 Å². The number of likely N-dealkylation sites (tertiary alicyclic amines) is 1. The quantitative estimate of drug-likeness (QED) is 0.338. The molecule has 1 saturated heterocycles. The largest absolute Gasteiger partial charge is 0.480 e. The van der Waals surface area contributed by atoms with E-state index in [0.29, 0.717) is 38.8 Å². The Hall–Kier alpha value is -2.20. The molecule has 3 amide bonds. The maximum Gasteiger partial charge on any atom is 0.326 e. The summed E-state index contributed by atoms with van der Waals surface area (Å²) in [4.78, 5) is 51.6. The first kappa shape index (κ1) is 23.8. The fourth-order valence-electron chi connectivity index (χ4n) is 3.19. The molecule has 0 aliphatic carbocycles. The van der Waals surface area contributed by atoms with Crippen LogP contribution in [0.3, 0.4) is 0 Å². The molecule has 0 bridgehead atoms. The van der Waals surface area contributed by atoms with Gasteiger partial charge in [0, 0.05) is 13.6 Å². The van der Waals surface area contributed by atoms with Crippen LogP contribution < -0.4 is 16.8 Å². The van der Waals surface area contributed by atoms with E-state index in [1.807, 2.05) is 0 Å². The summed E-state index contributed by atoms with van der Waals surface area (Å²) in [5.74, 6) is -2.34. The molecule has 0 aromatic rings. The number of carboxylic acid groups (broad SMARTS) is 1. The Labute approximate surface area is 165 Å². The van der Waals surface area contributed by atoms with Crippen molar-refractivity contribution in [1.29, 1.82) is 0 Å². The molecule has 0 saturated carbocycles. The second-order valence-corrected chi connectivity index (χ2v) is 7.29. The molecule has 6 N–H and O–H groups in total. The first-order chi connectivity index (χ1) is 13.1. The van der Waals surface area contributed by atoms with Crippen molar-refractivity contribution in [1.82, 2.24) is 15.1 Å². The zero-order chi connectivity index (χ0) is 21.4. The summed E-state index contributed by atoms with van der Waals surface area (Å²) in [6.45, 7) is 4.00. The van der Waals surface area contributed by atoms with Crippen molar-refractivity contribution in [3.8, 4) is 0 Å². The maximum atomic E-state index is 12.8. The van der Waals surface area contributed by atoms with Crippen LogP contribution >= 0.6 is 0 Å². The molecule has 1 aliphatic rings. The molecule has 0 spiro atoms. The lowest BCUT2D eigenvalue weighted by molar-refractivity contribution is -0.148. The van der Waals surface area contributed by atoms with Gasteiger partial charge in [-0.25, -0.2) is 4.79 Å². The van der Waals surface area contributed by atoms with Crippen LogP contribution in [-0.2, 0) is 19.2 Å². The number of nitrogens with two attached hydrogens (primary N) is 2. The van der Waals surface area contributed by atoms with Crippen LogP contribution in [0.5, 0.6) is 0 Å². The van der Waals surface area contributed by atoms with Gasteiger partial charge in [0.05, 0.1) is 6.04 Å². The lowest BCUT2D eigenvalue weighted by Gasteiger charge is -2.32. The smallest absolute Gasteiger partial charge is 0.326 e. The van der Waals surface area contributed by atoms with Crippen LogP contribution in [0.2, 0.25) is 0 Å².